The minimum atomic E-state index is -4.52. The van der Waals surface area contributed by atoms with E-state index >= 15 is 0 Å². The fourth-order valence-electron chi connectivity index (χ4n) is 2.47. The number of urea groups is 1. The van der Waals surface area contributed by atoms with Crippen molar-refractivity contribution < 1.29 is 21.6 Å². The zero-order valence-electron chi connectivity index (χ0n) is 16.2. The molecule has 0 spiro atoms. The Kier molecular flexibility index (Phi) is 9.87. The van der Waals surface area contributed by atoms with E-state index in [9.17, 15) is 21.6 Å². The zero-order valence-corrected chi connectivity index (χ0v) is 23.8. The topological polar surface area (TPSA) is 109 Å². The van der Waals surface area contributed by atoms with Crippen LogP contribution in [0.2, 0.25) is 10.0 Å². The Morgan fingerprint density at radius 1 is 0.618 bits per heavy atom. The second-order valence-corrected chi connectivity index (χ2v) is 16.1. The molecule has 0 aliphatic rings. The molecular weight excluding hydrogens is 660 g/mol. The lowest BCUT2D eigenvalue weighted by atomic mass is 10.4. The first-order valence-electron chi connectivity index (χ1n) is 8.56. The molecule has 0 aliphatic carbocycles. The molecule has 2 N–H and O–H groups in total. The van der Waals surface area contributed by atoms with Gasteiger partial charge in [0.25, 0.3) is 0 Å². The predicted molar refractivity (Wildman–Crippen MR) is 137 cm³/mol. The molecule has 7 nitrogen and oxygen atoms in total. The number of hydrogen-bond donors (Lipinski definition) is 2. The van der Waals surface area contributed by atoms with Crippen LogP contribution < -0.4 is 10.6 Å². The van der Waals surface area contributed by atoms with Crippen molar-refractivity contribution in [1.29, 1.82) is 0 Å². The van der Waals surface area contributed by atoms with Crippen molar-refractivity contribution in [3.63, 3.8) is 0 Å². The smallest absolute Gasteiger partial charge is 0.317 e. The Balaban J connectivity index is 2.40. The van der Waals surface area contributed by atoms with Crippen molar-refractivity contribution in [1.82, 2.24) is 10.6 Å². The number of nitrogens with one attached hydrogen (secondary N) is 2. The third-order valence-corrected chi connectivity index (χ3v) is 10.7. The number of halogens is 8. The lowest BCUT2D eigenvalue weighted by Crippen LogP contribution is -2.57. The van der Waals surface area contributed by atoms with E-state index in [0.29, 0.717) is 0 Å². The average Bonchev–Trinajstić information content (AvgIpc) is 2.69. The second kappa shape index (κ2) is 11.1. The quantitative estimate of drug-likeness (QED) is 0.370. The summed E-state index contributed by atoms with van der Waals surface area (Å²) < 4.78 is 46.9. The van der Waals surface area contributed by atoms with Crippen LogP contribution >= 0.6 is 92.8 Å². The fraction of sp³-hybridized carbons (Fsp3) is 0.235. The molecule has 2 aromatic rings. The third kappa shape index (κ3) is 7.47. The summed E-state index contributed by atoms with van der Waals surface area (Å²) in [5.41, 5.74) is 0. The SMILES string of the molecule is O=C(NC(C(Cl)(Cl)Cl)S(=O)(=O)c1ccc(Cl)cc1)NC(C(Cl)(Cl)Cl)S(=O)(=O)c1ccc(Cl)cc1. The van der Waals surface area contributed by atoms with E-state index in [-0.39, 0.29) is 19.8 Å². The van der Waals surface area contributed by atoms with E-state index < -0.39 is 44.0 Å². The Morgan fingerprint density at radius 2 is 0.882 bits per heavy atom. The van der Waals surface area contributed by atoms with E-state index in [1.165, 1.54) is 24.3 Å². The standard InChI is InChI=1S/C17H12Cl8N2O5S2/c18-9-1-5-11(6-2-9)33(29,30)13(16(20,21)22)26-15(28)27-14(17(23,24)25)34(31,32)12-7-3-10(19)4-8-12/h1-8,13-14H,(H2,26,27,28). The van der Waals surface area contributed by atoms with Crippen LogP contribution in [-0.2, 0) is 19.7 Å². The summed E-state index contributed by atoms with van der Waals surface area (Å²) in [7, 11) is -9.05. The molecule has 0 saturated heterocycles. The first kappa shape index (κ1) is 30.2. The summed E-state index contributed by atoms with van der Waals surface area (Å²) in [6.07, 6.45) is 0. The van der Waals surface area contributed by atoms with E-state index in [2.05, 4.69) is 0 Å². The van der Waals surface area contributed by atoms with Gasteiger partial charge in [0.2, 0.25) is 27.3 Å². The molecule has 0 bridgehead atoms. The van der Waals surface area contributed by atoms with Crippen molar-refractivity contribution in [2.24, 2.45) is 0 Å². The lowest BCUT2D eigenvalue weighted by Gasteiger charge is -2.29. The number of benzene rings is 2. The third-order valence-electron chi connectivity index (χ3n) is 4.02. The summed E-state index contributed by atoms with van der Waals surface area (Å²) in [6.45, 7) is 0. The van der Waals surface area contributed by atoms with Gasteiger partial charge in [0.05, 0.1) is 9.79 Å². The Labute approximate surface area is 235 Å². The number of rotatable bonds is 6. The fourth-order valence-corrected chi connectivity index (χ4v) is 7.96. The zero-order chi connectivity index (χ0) is 26.1. The highest BCUT2D eigenvalue weighted by atomic mass is 35.6. The number of carbonyl (C=O) groups is 1. The van der Waals surface area contributed by atoms with Crippen LogP contribution in [0.5, 0.6) is 0 Å². The van der Waals surface area contributed by atoms with Crippen LogP contribution in [0.3, 0.4) is 0 Å². The maximum absolute atomic E-state index is 13.0. The number of sulfone groups is 2. The molecule has 0 heterocycles. The molecule has 2 atom stereocenters. The summed E-state index contributed by atoms with van der Waals surface area (Å²) in [4.78, 5) is 12.0. The van der Waals surface area contributed by atoms with Gasteiger partial charge in [0.1, 0.15) is 0 Å². The Morgan fingerprint density at radius 3 is 1.12 bits per heavy atom. The minimum Gasteiger partial charge on any atom is -0.317 e. The van der Waals surface area contributed by atoms with Gasteiger partial charge in [-0.25, -0.2) is 21.6 Å². The van der Waals surface area contributed by atoms with Crippen LogP contribution in [-0.4, -0.2) is 41.2 Å². The van der Waals surface area contributed by atoms with Gasteiger partial charge in [0.15, 0.2) is 10.7 Å². The van der Waals surface area contributed by atoms with Gasteiger partial charge in [-0.1, -0.05) is 92.8 Å². The highest BCUT2D eigenvalue weighted by Crippen LogP contribution is 2.38. The van der Waals surface area contributed by atoms with Crippen LogP contribution in [0.25, 0.3) is 0 Å². The molecule has 2 amide bonds. The van der Waals surface area contributed by atoms with Gasteiger partial charge in [-0.3, -0.25) is 0 Å². The molecule has 2 unspecified atom stereocenters. The maximum Gasteiger partial charge on any atom is 0.317 e. The highest BCUT2D eigenvalue weighted by molar-refractivity contribution is 7.92. The molecule has 34 heavy (non-hydrogen) atoms. The molecule has 2 rings (SSSR count). The highest BCUT2D eigenvalue weighted by Gasteiger charge is 2.48. The maximum atomic E-state index is 13.0. The van der Waals surface area contributed by atoms with Crippen LogP contribution in [0.4, 0.5) is 4.79 Å². The van der Waals surface area contributed by atoms with Crippen molar-refractivity contribution in [2.75, 3.05) is 0 Å². The second-order valence-electron chi connectivity index (χ2n) is 6.46. The average molecular weight is 672 g/mol. The monoisotopic (exact) mass is 668 g/mol. The van der Waals surface area contributed by atoms with E-state index in [1.54, 1.807) is 0 Å². The molecule has 0 aromatic heterocycles. The van der Waals surface area contributed by atoms with Crippen molar-refractivity contribution in [2.45, 2.75) is 28.1 Å². The van der Waals surface area contributed by atoms with Crippen LogP contribution in [0.15, 0.2) is 58.3 Å². The molecule has 0 aliphatic heterocycles. The van der Waals surface area contributed by atoms with E-state index in [4.69, 9.17) is 92.8 Å². The lowest BCUT2D eigenvalue weighted by molar-refractivity contribution is 0.238. The van der Waals surface area contributed by atoms with Crippen molar-refractivity contribution in [3.8, 4) is 0 Å². The van der Waals surface area contributed by atoms with Crippen LogP contribution in [0, 0.1) is 0 Å². The van der Waals surface area contributed by atoms with Crippen molar-refractivity contribution >= 4 is 119 Å². The Bertz CT molecular complexity index is 1150. The number of carbonyl (C=O) groups excluding carboxylic acids is 1. The molecule has 188 valence electrons. The minimum absolute atomic E-state index is 0.230. The molecule has 17 heteroatoms. The Hall–Kier alpha value is -0.0700. The summed E-state index contributed by atoms with van der Waals surface area (Å²) >= 11 is 46.4. The van der Waals surface area contributed by atoms with Crippen LogP contribution in [0.1, 0.15) is 0 Å². The van der Waals surface area contributed by atoms with Gasteiger partial charge < -0.3 is 10.6 Å². The normalized spacial score (nSPS) is 14.8. The van der Waals surface area contributed by atoms with Gasteiger partial charge >= 0.3 is 6.03 Å². The first-order valence-corrected chi connectivity index (χ1v) is 14.7. The largest absolute Gasteiger partial charge is 0.317 e. The number of hydrogen-bond acceptors (Lipinski definition) is 5. The molecule has 0 radical (unpaired) electrons. The van der Waals surface area contributed by atoms with Gasteiger partial charge in [-0.05, 0) is 48.5 Å². The molecular formula is C17H12Cl8N2O5S2. The molecule has 0 saturated carbocycles. The van der Waals surface area contributed by atoms with Gasteiger partial charge in [-0.2, -0.15) is 0 Å². The van der Waals surface area contributed by atoms with Crippen molar-refractivity contribution in [3.05, 3.63) is 58.6 Å². The van der Waals surface area contributed by atoms with E-state index in [1.807, 2.05) is 10.6 Å². The first-order chi connectivity index (χ1) is 15.4. The van der Waals surface area contributed by atoms with Gasteiger partial charge in [0, 0.05) is 10.0 Å². The summed E-state index contributed by atoms with van der Waals surface area (Å²) in [5.74, 6) is 0. The molecule has 0 fully saturated rings. The van der Waals surface area contributed by atoms with E-state index in [0.717, 1.165) is 24.3 Å². The predicted octanol–water partition coefficient (Wildman–Crippen LogP) is 5.93. The summed E-state index contributed by atoms with van der Waals surface area (Å²) in [6, 6.07) is 8.12. The van der Waals surface area contributed by atoms with Gasteiger partial charge in [-0.15, -0.1) is 0 Å². The summed E-state index contributed by atoms with van der Waals surface area (Å²) in [5, 5.41) is -0.0665. The number of amides is 2. The molecule has 2 aromatic carbocycles. The number of alkyl halides is 6.